The van der Waals surface area contributed by atoms with Gasteiger partial charge in [0.15, 0.2) is 24.0 Å². The van der Waals surface area contributed by atoms with Crippen molar-refractivity contribution in [3.8, 4) is 11.5 Å². The van der Waals surface area contributed by atoms with Crippen molar-refractivity contribution in [3.05, 3.63) is 53.1 Å². The van der Waals surface area contributed by atoms with Gasteiger partial charge >= 0.3 is 0 Å². The fourth-order valence-corrected chi connectivity index (χ4v) is 5.66. The Morgan fingerprint density at radius 3 is 2.58 bits per heavy atom. The number of aryl methyl sites for hydroxylation is 1. The van der Waals surface area contributed by atoms with Crippen LogP contribution in [0.3, 0.4) is 0 Å². The lowest BCUT2D eigenvalue weighted by molar-refractivity contribution is -0.133. The number of nitrogens with one attached hydrogen (secondary N) is 2. The van der Waals surface area contributed by atoms with E-state index in [2.05, 4.69) is 15.5 Å². The first-order chi connectivity index (χ1) is 19.4. The Morgan fingerprint density at radius 2 is 1.80 bits per heavy atom. The number of carbonyl (C=O) groups is 2. The van der Waals surface area contributed by atoms with Crippen LogP contribution in [-0.2, 0) is 22.4 Å². The fourth-order valence-electron chi connectivity index (χ4n) is 5.66. The summed E-state index contributed by atoms with van der Waals surface area (Å²) in [6.45, 7) is 1.82. The van der Waals surface area contributed by atoms with Crippen LogP contribution in [0.2, 0.25) is 0 Å². The lowest BCUT2D eigenvalue weighted by atomic mass is 10.0. The van der Waals surface area contributed by atoms with E-state index in [0.29, 0.717) is 43.4 Å². The molecule has 0 saturated heterocycles. The third-order valence-corrected chi connectivity index (χ3v) is 7.85. The molecule has 2 aromatic rings. The van der Waals surface area contributed by atoms with Gasteiger partial charge in [-0.05, 0) is 74.4 Å². The highest BCUT2D eigenvalue weighted by molar-refractivity contribution is 5.97. The number of phenols is 1. The van der Waals surface area contributed by atoms with Gasteiger partial charge in [-0.25, -0.2) is 8.78 Å². The van der Waals surface area contributed by atoms with Crippen molar-refractivity contribution in [2.45, 2.75) is 83.1 Å². The van der Waals surface area contributed by atoms with Crippen LogP contribution >= 0.6 is 0 Å². The molecule has 2 amide bonds. The van der Waals surface area contributed by atoms with Crippen molar-refractivity contribution in [2.24, 2.45) is 0 Å². The van der Waals surface area contributed by atoms with Crippen LogP contribution in [0.1, 0.15) is 75.3 Å². The molecule has 0 spiro atoms. The Labute approximate surface area is 235 Å². The Morgan fingerprint density at radius 1 is 1.00 bits per heavy atom. The molecule has 1 aliphatic carbocycles. The molecule has 1 aliphatic heterocycles. The van der Waals surface area contributed by atoms with E-state index in [1.54, 1.807) is 12.1 Å². The second kappa shape index (κ2) is 15.0. The molecule has 1 fully saturated rings. The number of ether oxygens (including phenoxy) is 1. The summed E-state index contributed by atoms with van der Waals surface area (Å²) in [5.74, 6) is -1.24. The average molecular weight is 558 g/mol. The Bertz CT molecular complexity index is 1150. The number of fused-ring (bicyclic) bond motifs is 1. The Kier molecular flexibility index (Phi) is 11.1. The van der Waals surface area contributed by atoms with Crippen molar-refractivity contribution in [2.75, 3.05) is 31.6 Å². The van der Waals surface area contributed by atoms with Gasteiger partial charge in [-0.15, -0.1) is 0 Å². The number of hydrogen-bond acceptors (Lipinski definition) is 5. The minimum atomic E-state index is -0.843. The molecule has 1 saturated carbocycles. The number of phenolic OH excluding ortho intramolecular Hbond substituents is 1. The number of halogens is 2. The molecule has 0 aromatic heterocycles. The number of amides is 2. The van der Waals surface area contributed by atoms with E-state index in [1.165, 1.54) is 18.9 Å². The number of anilines is 1. The molecule has 1 heterocycles. The van der Waals surface area contributed by atoms with E-state index < -0.39 is 11.6 Å². The third kappa shape index (κ3) is 8.40. The van der Waals surface area contributed by atoms with Crippen LogP contribution in [-0.4, -0.2) is 54.1 Å². The van der Waals surface area contributed by atoms with E-state index in [1.807, 2.05) is 6.07 Å². The predicted octanol–water partition coefficient (Wildman–Crippen LogP) is 5.49. The number of carbonyl (C=O) groups excluding carboxylic acids is 2. The van der Waals surface area contributed by atoms with Crippen LogP contribution < -0.4 is 15.4 Å². The maximum absolute atomic E-state index is 13.4. The summed E-state index contributed by atoms with van der Waals surface area (Å²) in [6, 6.07) is 7.66. The van der Waals surface area contributed by atoms with Gasteiger partial charge in [0.2, 0.25) is 5.91 Å². The smallest absolute Gasteiger partial charge is 0.262 e. The molecule has 3 N–H and O–H groups in total. The van der Waals surface area contributed by atoms with Crippen molar-refractivity contribution in [3.63, 3.8) is 0 Å². The summed E-state index contributed by atoms with van der Waals surface area (Å²) < 4.78 is 32.1. The van der Waals surface area contributed by atoms with Gasteiger partial charge in [-0.2, -0.15) is 0 Å². The highest BCUT2D eigenvalue weighted by Gasteiger charge is 2.25. The van der Waals surface area contributed by atoms with Crippen molar-refractivity contribution < 1.29 is 28.2 Å². The van der Waals surface area contributed by atoms with Gasteiger partial charge in [0.05, 0.1) is 0 Å². The van der Waals surface area contributed by atoms with Crippen LogP contribution in [0.25, 0.3) is 0 Å². The average Bonchev–Trinajstić information content (AvgIpc) is 3.23. The molecule has 0 atom stereocenters. The van der Waals surface area contributed by atoms with Crippen molar-refractivity contribution in [1.29, 1.82) is 0 Å². The summed E-state index contributed by atoms with van der Waals surface area (Å²) in [4.78, 5) is 27.0. The standard InChI is InChI=1S/C31H41F2N3O4/c32-25-13-11-22(20-26(25)33)15-17-34-18-16-29(39)36(24-9-5-1-2-6-10-24)19-7-3-4-8-23-12-14-27(37)30-31(23)40-21-28(38)35-30/h11-14,20,24,34,37H,1-10,15-19,21H2,(H,35,38). The quantitative estimate of drug-likeness (QED) is 0.172. The van der Waals surface area contributed by atoms with Crippen LogP contribution in [0.4, 0.5) is 14.5 Å². The van der Waals surface area contributed by atoms with E-state index in [0.717, 1.165) is 75.1 Å². The second-order valence-electron chi connectivity index (χ2n) is 10.8. The molecule has 2 aromatic carbocycles. The van der Waals surface area contributed by atoms with E-state index in [-0.39, 0.29) is 24.2 Å². The zero-order valence-corrected chi connectivity index (χ0v) is 23.2. The maximum atomic E-state index is 13.4. The molecule has 0 bridgehead atoms. The minimum absolute atomic E-state index is 0.00296. The first-order valence-electron chi connectivity index (χ1n) is 14.6. The molecule has 9 heteroatoms. The zero-order valence-electron chi connectivity index (χ0n) is 23.2. The topological polar surface area (TPSA) is 90.9 Å². The summed E-state index contributed by atoms with van der Waals surface area (Å²) in [5, 5.41) is 16.0. The molecule has 7 nitrogen and oxygen atoms in total. The first-order valence-corrected chi connectivity index (χ1v) is 14.6. The molecular formula is C31H41F2N3O4. The summed E-state index contributed by atoms with van der Waals surface area (Å²) in [5.41, 5.74) is 2.03. The minimum Gasteiger partial charge on any atom is -0.506 e. The van der Waals surface area contributed by atoms with Crippen LogP contribution in [0, 0.1) is 11.6 Å². The number of hydrogen-bond donors (Lipinski definition) is 3. The van der Waals surface area contributed by atoms with E-state index >= 15 is 0 Å². The number of benzene rings is 2. The summed E-state index contributed by atoms with van der Waals surface area (Å²) in [7, 11) is 0. The normalized spacial score (nSPS) is 15.6. The number of unbranched alkanes of at least 4 members (excludes halogenated alkanes) is 2. The fraction of sp³-hybridized carbons (Fsp3) is 0.548. The number of nitrogens with zero attached hydrogens (tertiary/aromatic N) is 1. The van der Waals surface area contributed by atoms with Crippen LogP contribution in [0.5, 0.6) is 11.5 Å². The molecule has 4 rings (SSSR count). The van der Waals surface area contributed by atoms with Gasteiger partial charge < -0.3 is 25.4 Å². The summed E-state index contributed by atoms with van der Waals surface area (Å²) >= 11 is 0. The Hall–Kier alpha value is -3.20. The van der Waals surface area contributed by atoms with Crippen molar-refractivity contribution in [1.82, 2.24) is 10.2 Å². The molecule has 2 aliphatic rings. The monoisotopic (exact) mass is 557 g/mol. The predicted molar refractivity (Wildman–Crippen MR) is 151 cm³/mol. The summed E-state index contributed by atoms with van der Waals surface area (Å²) in [6.07, 6.45) is 11.4. The maximum Gasteiger partial charge on any atom is 0.262 e. The largest absolute Gasteiger partial charge is 0.506 e. The van der Waals surface area contributed by atoms with Gasteiger partial charge in [-0.3, -0.25) is 9.59 Å². The Balaban J connectivity index is 1.23. The molecule has 218 valence electrons. The lowest BCUT2D eigenvalue weighted by Crippen LogP contribution is -2.42. The van der Waals surface area contributed by atoms with Gasteiger partial charge in [0.1, 0.15) is 11.4 Å². The molecule has 40 heavy (non-hydrogen) atoms. The van der Waals surface area contributed by atoms with Gasteiger partial charge in [0.25, 0.3) is 5.91 Å². The van der Waals surface area contributed by atoms with Gasteiger partial charge in [-0.1, -0.05) is 44.2 Å². The van der Waals surface area contributed by atoms with E-state index in [9.17, 15) is 23.5 Å². The SMILES string of the molecule is O=C1COc2c(CCCCCN(C(=O)CCNCCc3ccc(F)c(F)c3)C3CCCCCC3)ccc(O)c2N1. The lowest BCUT2D eigenvalue weighted by Gasteiger charge is -2.32. The number of aromatic hydroxyl groups is 1. The zero-order chi connectivity index (χ0) is 28.3. The van der Waals surface area contributed by atoms with E-state index in [4.69, 9.17) is 4.74 Å². The number of rotatable bonds is 13. The van der Waals surface area contributed by atoms with Crippen LogP contribution in [0.15, 0.2) is 30.3 Å². The second-order valence-corrected chi connectivity index (χ2v) is 10.8. The highest BCUT2D eigenvalue weighted by Crippen LogP contribution is 2.39. The highest BCUT2D eigenvalue weighted by atomic mass is 19.2. The molecule has 0 unspecified atom stereocenters. The van der Waals surface area contributed by atoms with Crippen molar-refractivity contribution >= 4 is 17.5 Å². The third-order valence-electron chi connectivity index (χ3n) is 7.85. The molecular weight excluding hydrogens is 516 g/mol. The first kappa shape index (κ1) is 29.8. The molecule has 0 radical (unpaired) electrons. The van der Waals surface area contributed by atoms with Gasteiger partial charge in [0, 0.05) is 25.6 Å².